The summed E-state index contributed by atoms with van der Waals surface area (Å²) in [6, 6.07) is 18.9. The molecule has 0 spiro atoms. The molecule has 33 heavy (non-hydrogen) atoms. The predicted octanol–water partition coefficient (Wildman–Crippen LogP) is 4.12. The van der Waals surface area contributed by atoms with E-state index in [4.69, 9.17) is 5.26 Å². The largest absolute Gasteiger partial charge is 0.382 e. The number of carbonyl (C=O) groups excluding carboxylic acids is 1. The van der Waals surface area contributed by atoms with Crippen LogP contribution in [0.3, 0.4) is 0 Å². The number of likely N-dealkylation sites (tertiary alicyclic amines) is 1. The van der Waals surface area contributed by atoms with Gasteiger partial charge in [0.1, 0.15) is 0 Å². The van der Waals surface area contributed by atoms with E-state index in [0.717, 1.165) is 64.3 Å². The first-order valence-electron chi connectivity index (χ1n) is 11.7. The van der Waals surface area contributed by atoms with E-state index in [1.54, 1.807) is 0 Å². The van der Waals surface area contributed by atoms with Crippen LogP contribution >= 0.6 is 0 Å². The molecule has 2 heterocycles. The number of anilines is 2. The van der Waals surface area contributed by atoms with Gasteiger partial charge in [0.25, 0.3) is 0 Å². The number of hydrogen-bond acceptors (Lipinski definition) is 5. The van der Waals surface area contributed by atoms with Crippen molar-refractivity contribution in [2.24, 2.45) is 0 Å². The van der Waals surface area contributed by atoms with E-state index in [0.29, 0.717) is 18.0 Å². The van der Waals surface area contributed by atoms with Crippen LogP contribution in [-0.4, -0.2) is 67.6 Å². The van der Waals surface area contributed by atoms with Gasteiger partial charge in [0.2, 0.25) is 5.91 Å². The quantitative estimate of drug-likeness (QED) is 0.722. The maximum Gasteiger partial charge on any atom is 0.223 e. The Morgan fingerprint density at radius 3 is 2.39 bits per heavy atom. The van der Waals surface area contributed by atoms with Gasteiger partial charge in [-0.3, -0.25) is 9.69 Å². The van der Waals surface area contributed by atoms with Crippen molar-refractivity contribution < 1.29 is 4.79 Å². The highest BCUT2D eigenvalue weighted by Gasteiger charge is 2.24. The van der Waals surface area contributed by atoms with Gasteiger partial charge in [-0.25, -0.2) is 0 Å². The minimum Gasteiger partial charge on any atom is -0.382 e. The third-order valence-electron chi connectivity index (χ3n) is 6.62. The number of piperidine rings is 1. The Bertz CT molecular complexity index is 936. The summed E-state index contributed by atoms with van der Waals surface area (Å²) in [5, 5.41) is 12.6. The lowest BCUT2D eigenvalue weighted by Crippen LogP contribution is -2.48. The molecule has 2 saturated heterocycles. The van der Waals surface area contributed by atoms with E-state index in [1.165, 1.54) is 11.3 Å². The maximum atomic E-state index is 12.7. The monoisotopic (exact) mass is 447 g/mol. The van der Waals surface area contributed by atoms with Gasteiger partial charge in [-0.05, 0) is 50.1 Å². The van der Waals surface area contributed by atoms with Crippen LogP contribution in [0.25, 0.3) is 0 Å². The number of hydrogen-bond donors (Lipinski definition) is 1. The van der Waals surface area contributed by atoms with Crippen LogP contribution in [0.5, 0.6) is 0 Å². The molecule has 2 aromatic rings. The molecule has 1 N–H and O–H groups in total. The average Bonchev–Trinajstić information content (AvgIpc) is 2.84. The highest BCUT2D eigenvalue weighted by Crippen LogP contribution is 2.19. The Morgan fingerprint density at radius 1 is 1.03 bits per heavy atom. The molecule has 6 heteroatoms. The van der Waals surface area contributed by atoms with E-state index in [1.807, 2.05) is 29.2 Å². The number of benzene rings is 2. The van der Waals surface area contributed by atoms with Crippen molar-refractivity contribution in [1.29, 1.82) is 5.26 Å². The van der Waals surface area contributed by atoms with Crippen LogP contribution in [0.1, 0.15) is 37.8 Å². The van der Waals surface area contributed by atoms with Crippen molar-refractivity contribution in [1.82, 2.24) is 9.80 Å². The molecule has 0 aliphatic carbocycles. The average molecular weight is 448 g/mol. The molecule has 2 aliphatic heterocycles. The number of amides is 1. The molecule has 176 valence electrons. The maximum absolute atomic E-state index is 12.7. The second-order valence-electron chi connectivity index (χ2n) is 8.91. The molecular formula is C27H37N5O. The molecule has 0 aromatic heterocycles. The van der Waals surface area contributed by atoms with Crippen LogP contribution in [-0.2, 0) is 4.79 Å². The summed E-state index contributed by atoms with van der Waals surface area (Å²) in [6.07, 6.45) is 2.49. The van der Waals surface area contributed by atoms with Gasteiger partial charge in [0, 0.05) is 69.7 Å². The first-order valence-corrected chi connectivity index (χ1v) is 11.7. The van der Waals surface area contributed by atoms with Gasteiger partial charge in [0.15, 0.2) is 0 Å². The van der Waals surface area contributed by atoms with Gasteiger partial charge >= 0.3 is 0 Å². The fourth-order valence-electron chi connectivity index (χ4n) is 4.58. The van der Waals surface area contributed by atoms with Crippen LogP contribution in [0.2, 0.25) is 0 Å². The molecule has 4 rings (SSSR count). The molecule has 0 bridgehead atoms. The van der Waals surface area contributed by atoms with Gasteiger partial charge in [-0.2, -0.15) is 5.26 Å². The summed E-state index contributed by atoms with van der Waals surface area (Å²) in [5.41, 5.74) is 4.24. The highest BCUT2D eigenvalue weighted by molar-refractivity contribution is 5.76. The topological polar surface area (TPSA) is 62.6 Å². The predicted molar refractivity (Wildman–Crippen MR) is 136 cm³/mol. The molecule has 2 aliphatic rings. The standard InChI is InChI=1S/C26H33N5O.CH4/c1-21-5-7-25(8-6-21)30-17-15-29(16-18-30)12-11-26(32)31-13-9-23(10-14-31)28-24-4-2-3-22(19-24)20-27;/h2-8,19,23,28H,9-18H2,1H3;1H4. The van der Waals surface area contributed by atoms with Crippen molar-refractivity contribution in [2.45, 2.75) is 39.7 Å². The van der Waals surface area contributed by atoms with E-state index in [-0.39, 0.29) is 13.3 Å². The van der Waals surface area contributed by atoms with Gasteiger partial charge < -0.3 is 15.1 Å². The number of nitriles is 1. The summed E-state index contributed by atoms with van der Waals surface area (Å²) in [5.74, 6) is 0.274. The lowest BCUT2D eigenvalue weighted by molar-refractivity contribution is -0.132. The fraction of sp³-hybridized carbons (Fsp3) is 0.481. The minimum absolute atomic E-state index is 0. The number of nitrogens with one attached hydrogen (secondary N) is 1. The van der Waals surface area contributed by atoms with Gasteiger partial charge in [-0.15, -0.1) is 0 Å². The van der Waals surface area contributed by atoms with Crippen molar-refractivity contribution in [2.75, 3.05) is 56.0 Å². The summed E-state index contributed by atoms with van der Waals surface area (Å²) in [4.78, 5) is 19.6. The third-order valence-corrected chi connectivity index (χ3v) is 6.62. The first kappa shape index (κ1) is 24.6. The number of piperazine rings is 1. The van der Waals surface area contributed by atoms with Crippen LogP contribution in [0.4, 0.5) is 11.4 Å². The van der Waals surface area contributed by atoms with Crippen molar-refractivity contribution in [3.63, 3.8) is 0 Å². The second-order valence-corrected chi connectivity index (χ2v) is 8.91. The van der Waals surface area contributed by atoms with Crippen molar-refractivity contribution in [3.8, 4) is 6.07 Å². The smallest absolute Gasteiger partial charge is 0.223 e. The number of carbonyl (C=O) groups is 1. The van der Waals surface area contributed by atoms with Crippen LogP contribution < -0.4 is 10.2 Å². The van der Waals surface area contributed by atoms with Crippen molar-refractivity contribution in [3.05, 3.63) is 59.7 Å². The zero-order valence-corrected chi connectivity index (χ0v) is 19.0. The molecule has 2 fully saturated rings. The Kier molecular flexibility index (Phi) is 8.73. The molecule has 1 amide bonds. The molecule has 6 nitrogen and oxygen atoms in total. The molecule has 0 unspecified atom stereocenters. The first-order chi connectivity index (χ1) is 15.6. The lowest BCUT2D eigenvalue weighted by Gasteiger charge is -2.37. The van der Waals surface area contributed by atoms with Gasteiger partial charge in [0.05, 0.1) is 11.6 Å². The lowest BCUT2D eigenvalue weighted by atomic mass is 10.0. The zero-order chi connectivity index (χ0) is 22.3. The summed E-state index contributed by atoms with van der Waals surface area (Å²) < 4.78 is 0. The number of rotatable bonds is 6. The highest BCUT2D eigenvalue weighted by atomic mass is 16.2. The van der Waals surface area contributed by atoms with E-state index >= 15 is 0 Å². The second kappa shape index (κ2) is 11.7. The molecule has 2 aromatic carbocycles. The van der Waals surface area contributed by atoms with Crippen LogP contribution in [0.15, 0.2) is 48.5 Å². The number of aryl methyl sites for hydroxylation is 1. The fourth-order valence-corrected chi connectivity index (χ4v) is 4.58. The Morgan fingerprint density at radius 2 is 1.73 bits per heavy atom. The Labute approximate surface area is 198 Å². The minimum atomic E-state index is 0. The normalized spacial score (nSPS) is 17.2. The van der Waals surface area contributed by atoms with Gasteiger partial charge in [-0.1, -0.05) is 31.2 Å². The van der Waals surface area contributed by atoms with Crippen LogP contribution in [0, 0.1) is 18.3 Å². The van der Waals surface area contributed by atoms with E-state index in [2.05, 4.69) is 52.4 Å². The van der Waals surface area contributed by atoms with Crippen molar-refractivity contribution >= 4 is 17.3 Å². The zero-order valence-electron chi connectivity index (χ0n) is 19.0. The molecular weight excluding hydrogens is 410 g/mol. The Hall–Kier alpha value is -3.04. The number of nitrogens with zero attached hydrogens (tertiary/aromatic N) is 4. The van der Waals surface area contributed by atoms with E-state index < -0.39 is 0 Å². The SMILES string of the molecule is C.Cc1ccc(N2CCN(CCC(=O)N3CCC(Nc4cccc(C#N)c4)CC3)CC2)cc1. The molecule has 0 radical (unpaired) electrons. The molecule has 0 atom stereocenters. The third kappa shape index (κ3) is 6.72. The Balaban J connectivity index is 0.00000306. The summed E-state index contributed by atoms with van der Waals surface area (Å²) in [7, 11) is 0. The summed E-state index contributed by atoms with van der Waals surface area (Å²) >= 11 is 0. The summed E-state index contributed by atoms with van der Waals surface area (Å²) in [6.45, 7) is 8.61. The molecule has 0 saturated carbocycles. The van der Waals surface area contributed by atoms with E-state index in [9.17, 15) is 4.79 Å².